The van der Waals surface area contributed by atoms with E-state index in [0.717, 1.165) is 15.8 Å². The summed E-state index contributed by atoms with van der Waals surface area (Å²) in [6, 6.07) is 20.5. The Balaban J connectivity index is 1.36. The molecule has 2 aromatic carbocycles. The van der Waals surface area contributed by atoms with Crippen molar-refractivity contribution >= 4 is 43.5 Å². The van der Waals surface area contributed by atoms with E-state index in [1.165, 1.54) is 17.4 Å². The predicted octanol–water partition coefficient (Wildman–Crippen LogP) is 5.26. The highest BCUT2D eigenvalue weighted by Crippen LogP contribution is 2.27. The number of para-hydroxylation sites is 1. The maximum absolute atomic E-state index is 13.3. The van der Waals surface area contributed by atoms with E-state index in [1.54, 1.807) is 21.3 Å². The topological polar surface area (TPSA) is 91.4 Å². The molecule has 0 N–H and O–H groups in total. The van der Waals surface area contributed by atoms with Crippen molar-refractivity contribution in [2.45, 2.75) is 26.5 Å². The van der Waals surface area contributed by atoms with Crippen LogP contribution in [0.2, 0.25) is 0 Å². The molecule has 0 saturated heterocycles. The van der Waals surface area contributed by atoms with Gasteiger partial charge in [-0.05, 0) is 32.0 Å². The summed E-state index contributed by atoms with van der Waals surface area (Å²) in [5.41, 5.74) is 3.52. The molecule has 6 rings (SSSR count). The first-order valence-corrected chi connectivity index (χ1v) is 12.3. The van der Waals surface area contributed by atoms with Crippen LogP contribution in [0.3, 0.4) is 0 Å². The third-order valence-corrected chi connectivity index (χ3v) is 6.97. The number of fused-ring (bicyclic) bond motifs is 4. The molecular formula is C27H21N5O3S. The Labute approximate surface area is 209 Å². The molecule has 0 aliphatic carbocycles. The largest absolute Gasteiger partial charge is 0.456 e. The molecule has 9 heteroatoms. The van der Waals surface area contributed by atoms with Gasteiger partial charge in [0.25, 0.3) is 5.56 Å². The van der Waals surface area contributed by atoms with Crippen LogP contribution in [-0.4, -0.2) is 30.1 Å². The highest BCUT2D eigenvalue weighted by molar-refractivity contribution is 7.23. The zero-order valence-corrected chi connectivity index (χ0v) is 20.4. The first kappa shape index (κ1) is 22.1. The van der Waals surface area contributed by atoms with Crippen LogP contribution in [0.4, 0.5) is 0 Å². The second-order valence-electron chi connectivity index (χ2n) is 8.69. The molecule has 0 aliphatic rings. The minimum absolute atomic E-state index is 0.0649. The van der Waals surface area contributed by atoms with Crippen molar-refractivity contribution in [1.82, 2.24) is 24.1 Å². The number of aromatic nitrogens is 5. The number of hydrogen-bond acceptors (Lipinski definition) is 7. The predicted molar refractivity (Wildman–Crippen MR) is 139 cm³/mol. The maximum atomic E-state index is 13.3. The average Bonchev–Trinajstić information content (AvgIpc) is 3.49. The van der Waals surface area contributed by atoms with Crippen LogP contribution in [0.1, 0.15) is 35.9 Å². The van der Waals surface area contributed by atoms with E-state index in [9.17, 15) is 9.59 Å². The van der Waals surface area contributed by atoms with E-state index < -0.39 is 5.97 Å². The highest BCUT2D eigenvalue weighted by Gasteiger charge is 2.20. The number of carbonyl (C=O) groups excluding carboxylic acids is 1. The molecule has 0 amide bonds. The van der Waals surface area contributed by atoms with Crippen LogP contribution in [-0.2, 0) is 11.3 Å². The Morgan fingerprint density at radius 1 is 1.03 bits per heavy atom. The second kappa shape index (κ2) is 8.69. The van der Waals surface area contributed by atoms with E-state index in [4.69, 9.17) is 9.72 Å². The van der Waals surface area contributed by atoms with Crippen LogP contribution < -0.4 is 5.56 Å². The lowest BCUT2D eigenvalue weighted by Crippen LogP contribution is -2.15. The summed E-state index contributed by atoms with van der Waals surface area (Å²) in [7, 11) is 0. The zero-order valence-electron chi connectivity index (χ0n) is 19.6. The minimum atomic E-state index is -0.527. The Hall–Kier alpha value is -4.37. The number of ether oxygens (including phenoxy) is 1. The fourth-order valence-corrected chi connectivity index (χ4v) is 5.29. The average molecular weight is 496 g/mol. The molecule has 0 spiro atoms. The van der Waals surface area contributed by atoms with Crippen LogP contribution in [0.5, 0.6) is 0 Å². The van der Waals surface area contributed by atoms with Crippen LogP contribution in [0, 0.1) is 0 Å². The lowest BCUT2D eigenvalue weighted by Gasteiger charge is -2.11. The number of carbonyl (C=O) groups is 1. The first-order chi connectivity index (χ1) is 17.5. The monoisotopic (exact) mass is 495 g/mol. The molecule has 0 atom stereocenters. The molecule has 8 nitrogen and oxygen atoms in total. The molecule has 0 unspecified atom stereocenters. The lowest BCUT2D eigenvalue weighted by molar-refractivity contribution is 0.0470. The molecule has 0 bridgehead atoms. The third kappa shape index (κ3) is 3.74. The fourth-order valence-electron chi connectivity index (χ4n) is 4.24. The number of nitrogens with zero attached hydrogens (tertiary/aromatic N) is 5. The van der Waals surface area contributed by atoms with Crippen molar-refractivity contribution in [3.8, 4) is 11.3 Å². The summed E-state index contributed by atoms with van der Waals surface area (Å²) in [6.07, 6.45) is 1.64. The van der Waals surface area contributed by atoms with E-state index in [0.29, 0.717) is 32.9 Å². The maximum Gasteiger partial charge on any atom is 0.339 e. The van der Waals surface area contributed by atoms with E-state index >= 15 is 0 Å². The molecule has 0 radical (unpaired) electrons. The molecule has 0 aliphatic heterocycles. The summed E-state index contributed by atoms with van der Waals surface area (Å²) in [5, 5.41) is 5.06. The smallest absolute Gasteiger partial charge is 0.339 e. The van der Waals surface area contributed by atoms with Gasteiger partial charge in [-0.3, -0.25) is 9.20 Å². The number of rotatable bonds is 5. The standard InChI is InChI=1S/C27H21N5O3S/c1-16(2)32-25-20(14-28-32)19(13-21(30-25)17-8-4-3-5-9-17)26(34)35-15-18-12-24(33)31-22-10-6-7-11-23(22)36-27(31)29-18/h3-14,16H,15H2,1-2H3. The summed E-state index contributed by atoms with van der Waals surface area (Å²) in [5.74, 6) is -0.527. The van der Waals surface area contributed by atoms with E-state index in [-0.39, 0.29) is 18.2 Å². The SMILES string of the molecule is CC(C)n1ncc2c(C(=O)OCc3cc(=O)n4c(n3)sc3ccccc34)cc(-c3ccccc3)nc21. The first-order valence-electron chi connectivity index (χ1n) is 11.5. The third-order valence-electron chi connectivity index (χ3n) is 5.94. The number of pyridine rings is 1. The fraction of sp³-hybridized carbons (Fsp3) is 0.148. The molecule has 36 heavy (non-hydrogen) atoms. The Bertz CT molecular complexity index is 1820. The van der Waals surface area contributed by atoms with Gasteiger partial charge in [-0.1, -0.05) is 53.8 Å². The van der Waals surface area contributed by atoms with E-state index in [2.05, 4.69) is 10.1 Å². The Morgan fingerprint density at radius 2 is 1.81 bits per heavy atom. The summed E-state index contributed by atoms with van der Waals surface area (Å²) in [6.45, 7) is 3.90. The van der Waals surface area contributed by atoms with Crippen molar-refractivity contribution in [1.29, 1.82) is 0 Å². The van der Waals surface area contributed by atoms with Gasteiger partial charge in [0.05, 0.1) is 38.8 Å². The van der Waals surface area contributed by atoms with Gasteiger partial charge in [0, 0.05) is 17.7 Å². The number of benzene rings is 2. The number of hydrogen-bond donors (Lipinski definition) is 0. The lowest BCUT2D eigenvalue weighted by atomic mass is 10.1. The van der Waals surface area contributed by atoms with Crippen molar-refractivity contribution < 1.29 is 9.53 Å². The Morgan fingerprint density at radius 3 is 2.61 bits per heavy atom. The van der Waals surface area contributed by atoms with E-state index in [1.807, 2.05) is 68.4 Å². The molecule has 4 heterocycles. The molecule has 0 fully saturated rings. The van der Waals surface area contributed by atoms with Gasteiger partial charge in [0.2, 0.25) is 0 Å². The van der Waals surface area contributed by atoms with Gasteiger partial charge in [0.1, 0.15) is 6.61 Å². The van der Waals surface area contributed by atoms with Crippen LogP contribution in [0.25, 0.3) is 37.5 Å². The summed E-state index contributed by atoms with van der Waals surface area (Å²) in [4.78, 5) is 36.0. The minimum Gasteiger partial charge on any atom is -0.456 e. The number of thiazole rings is 1. The molecule has 178 valence electrons. The van der Waals surface area contributed by atoms with Gasteiger partial charge in [-0.2, -0.15) is 5.10 Å². The molecule has 0 saturated carbocycles. The zero-order chi connectivity index (χ0) is 24.8. The van der Waals surface area contributed by atoms with Gasteiger partial charge < -0.3 is 4.74 Å². The molecule has 4 aromatic heterocycles. The van der Waals surface area contributed by atoms with Gasteiger partial charge in [-0.15, -0.1) is 0 Å². The van der Waals surface area contributed by atoms with Crippen molar-refractivity contribution in [2.24, 2.45) is 0 Å². The van der Waals surface area contributed by atoms with Gasteiger partial charge in [0.15, 0.2) is 10.6 Å². The van der Waals surface area contributed by atoms with Gasteiger partial charge in [-0.25, -0.2) is 19.4 Å². The van der Waals surface area contributed by atoms with Crippen molar-refractivity contribution in [2.75, 3.05) is 0 Å². The molecular weight excluding hydrogens is 474 g/mol. The molecule has 6 aromatic rings. The normalized spacial score (nSPS) is 11.6. The quantitative estimate of drug-likeness (QED) is 0.303. The Kier molecular flexibility index (Phi) is 5.34. The summed E-state index contributed by atoms with van der Waals surface area (Å²) < 4.78 is 9.98. The second-order valence-corrected chi connectivity index (χ2v) is 9.70. The van der Waals surface area contributed by atoms with Crippen LogP contribution >= 0.6 is 11.3 Å². The van der Waals surface area contributed by atoms with Crippen molar-refractivity contribution in [3.63, 3.8) is 0 Å². The highest BCUT2D eigenvalue weighted by atomic mass is 32.1. The number of esters is 1. The van der Waals surface area contributed by atoms with Crippen molar-refractivity contribution in [3.05, 3.63) is 94.5 Å². The van der Waals surface area contributed by atoms with Gasteiger partial charge >= 0.3 is 5.97 Å². The van der Waals surface area contributed by atoms with Crippen LogP contribution in [0.15, 0.2) is 77.7 Å². The summed E-state index contributed by atoms with van der Waals surface area (Å²) >= 11 is 1.42.